The number of hydrogen-bond acceptors (Lipinski definition) is 3. The van der Waals surface area contributed by atoms with Crippen LogP contribution in [0.15, 0.2) is 17.0 Å². The topological polar surface area (TPSA) is 54.5 Å². The molecule has 7 heteroatoms. The number of carbonyl (C=O) groups is 1. The molecule has 4 nitrogen and oxygen atoms in total. The van der Waals surface area contributed by atoms with Crippen molar-refractivity contribution >= 4 is 25.6 Å². The number of benzene rings is 1. The summed E-state index contributed by atoms with van der Waals surface area (Å²) in [6, 6.07) is 2.11. The second-order valence-electron chi connectivity index (χ2n) is 4.42. The lowest BCUT2D eigenvalue weighted by Crippen LogP contribution is -2.32. The van der Waals surface area contributed by atoms with Crippen LogP contribution in [0.25, 0.3) is 0 Å². The molecule has 0 bridgehead atoms. The number of halogens is 2. The summed E-state index contributed by atoms with van der Waals surface area (Å²) in [7, 11) is 1.25. The maximum absolute atomic E-state index is 14.1. The molecule has 20 heavy (non-hydrogen) atoms. The van der Waals surface area contributed by atoms with Gasteiger partial charge in [-0.1, -0.05) is 6.92 Å². The molecule has 0 aliphatic carbocycles. The fourth-order valence-corrected chi connectivity index (χ4v) is 2.72. The summed E-state index contributed by atoms with van der Waals surface area (Å²) < 4.78 is 36.8. The molecule has 0 radical (unpaired) electrons. The minimum Gasteiger partial charge on any atom is -0.339 e. The van der Waals surface area contributed by atoms with Gasteiger partial charge in [0.05, 0.1) is 10.5 Å². The summed E-state index contributed by atoms with van der Waals surface area (Å²) in [4.78, 5) is 13.5. The molecule has 0 aromatic heterocycles. The fraction of sp³-hybridized carbons (Fsp3) is 0.462. The third-order valence-corrected chi connectivity index (χ3v) is 4.24. The first-order valence-corrected chi connectivity index (χ1v) is 8.57. The average molecular weight is 322 g/mol. The van der Waals surface area contributed by atoms with E-state index >= 15 is 0 Å². The van der Waals surface area contributed by atoms with E-state index < -0.39 is 20.8 Å². The largest absolute Gasteiger partial charge is 0.339 e. The number of amides is 1. The highest BCUT2D eigenvalue weighted by Gasteiger charge is 2.22. The van der Waals surface area contributed by atoms with Crippen molar-refractivity contribution in [1.82, 2.24) is 4.90 Å². The summed E-state index contributed by atoms with van der Waals surface area (Å²) in [6.45, 7) is 5.97. The third kappa shape index (κ3) is 3.70. The Morgan fingerprint density at radius 2 is 1.95 bits per heavy atom. The number of aryl methyl sites for hydroxylation is 1. The molecule has 0 heterocycles. The van der Waals surface area contributed by atoms with Crippen LogP contribution < -0.4 is 0 Å². The summed E-state index contributed by atoms with van der Waals surface area (Å²) >= 11 is 0. The van der Waals surface area contributed by atoms with Gasteiger partial charge in [0.15, 0.2) is 0 Å². The molecule has 1 aromatic rings. The van der Waals surface area contributed by atoms with Crippen LogP contribution in [-0.4, -0.2) is 32.3 Å². The van der Waals surface area contributed by atoms with Crippen LogP contribution in [0.3, 0.4) is 0 Å². The van der Waals surface area contributed by atoms with E-state index in [1.807, 2.05) is 6.92 Å². The Hall–Kier alpha value is -1.14. The minimum atomic E-state index is -4.01. The Morgan fingerprint density at radius 1 is 1.35 bits per heavy atom. The van der Waals surface area contributed by atoms with Crippen molar-refractivity contribution < 1.29 is 17.6 Å². The standard InChI is InChI=1S/C13H17ClFNO3S/c1-4-6-16(5-2)13(17)11-8-10(20(14,18)19)7-9(3)12(11)15/h7-8H,4-6H2,1-3H3. The second-order valence-corrected chi connectivity index (χ2v) is 6.99. The van der Waals surface area contributed by atoms with Crippen molar-refractivity contribution in [2.75, 3.05) is 13.1 Å². The highest BCUT2D eigenvalue weighted by atomic mass is 35.7. The maximum atomic E-state index is 14.1. The zero-order valence-electron chi connectivity index (χ0n) is 11.6. The second kappa shape index (κ2) is 6.54. The summed E-state index contributed by atoms with van der Waals surface area (Å²) in [5, 5.41) is 0. The van der Waals surface area contributed by atoms with E-state index in [0.29, 0.717) is 13.1 Å². The van der Waals surface area contributed by atoms with E-state index in [9.17, 15) is 17.6 Å². The van der Waals surface area contributed by atoms with Gasteiger partial charge < -0.3 is 4.90 Å². The molecule has 112 valence electrons. The van der Waals surface area contributed by atoms with E-state index in [1.54, 1.807) is 6.92 Å². The number of rotatable bonds is 5. The van der Waals surface area contributed by atoms with Crippen molar-refractivity contribution in [3.05, 3.63) is 29.1 Å². The van der Waals surface area contributed by atoms with Gasteiger partial charge >= 0.3 is 0 Å². The van der Waals surface area contributed by atoms with Gasteiger partial charge in [-0.05, 0) is 38.0 Å². The Kier molecular flexibility index (Phi) is 5.53. The molecule has 0 unspecified atom stereocenters. The molecule has 0 saturated heterocycles. The number of nitrogens with zero attached hydrogens (tertiary/aromatic N) is 1. The zero-order chi connectivity index (χ0) is 15.5. The first-order chi connectivity index (χ1) is 9.22. The van der Waals surface area contributed by atoms with Gasteiger partial charge in [0.1, 0.15) is 5.82 Å². The van der Waals surface area contributed by atoms with Gasteiger partial charge in [-0.15, -0.1) is 0 Å². The Labute approximate surface area is 123 Å². The van der Waals surface area contributed by atoms with Gasteiger partial charge in [-0.3, -0.25) is 4.79 Å². The first kappa shape index (κ1) is 16.9. The van der Waals surface area contributed by atoms with Gasteiger partial charge in [0.25, 0.3) is 15.0 Å². The van der Waals surface area contributed by atoms with Gasteiger partial charge in [0.2, 0.25) is 0 Å². The average Bonchev–Trinajstić information content (AvgIpc) is 2.37. The molecule has 0 aliphatic rings. The van der Waals surface area contributed by atoms with Crippen molar-refractivity contribution in [1.29, 1.82) is 0 Å². The number of carbonyl (C=O) groups excluding carboxylic acids is 1. The predicted octanol–water partition coefficient (Wildman–Crippen LogP) is 2.93. The Bertz CT molecular complexity index is 616. The molecular formula is C13H17ClFNO3S. The molecule has 0 spiro atoms. The van der Waals surface area contributed by atoms with Gasteiger partial charge in [0, 0.05) is 23.8 Å². The molecule has 0 aliphatic heterocycles. The molecule has 1 aromatic carbocycles. The van der Waals surface area contributed by atoms with Crippen molar-refractivity contribution in [3.63, 3.8) is 0 Å². The van der Waals surface area contributed by atoms with Crippen LogP contribution >= 0.6 is 10.7 Å². The molecule has 1 rings (SSSR count). The highest BCUT2D eigenvalue weighted by Crippen LogP contribution is 2.23. The molecule has 0 atom stereocenters. The SMILES string of the molecule is CCCN(CC)C(=O)c1cc(S(=O)(=O)Cl)cc(C)c1F. The van der Waals surface area contributed by atoms with Crippen LogP contribution in [0.4, 0.5) is 4.39 Å². The quantitative estimate of drug-likeness (QED) is 0.783. The van der Waals surface area contributed by atoms with E-state index in [2.05, 4.69) is 0 Å². The van der Waals surface area contributed by atoms with E-state index in [-0.39, 0.29) is 16.0 Å². The van der Waals surface area contributed by atoms with Crippen LogP contribution in [-0.2, 0) is 9.05 Å². The minimum absolute atomic E-state index is 0.0719. The predicted molar refractivity (Wildman–Crippen MR) is 76.0 cm³/mol. The Balaban J connectivity index is 3.37. The van der Waals surface area contributed by atoms with Crippen molar-refractivity contribution in [2.45, 2.75) is 32.1 Å². The summed E-state index contributed by atoms with van der Waals surface area (Å²) in [5.74, 6) is -1.24. The highest BCUT2D eigenvalue weighted by molar-refractivity contribution is 8.13. The lowest BCUT2D eigenvalue weighted by atomic mass is 10.1. The van der Waals surface area contributed by atoms with Crippen LogP contribution in [0, 0.1) is 12.7 Å². The smallest absolute Gasteiger partial charge is 0.261 e. The molecular weight excluding hydrogens is 305 g/mol. The first-order valence-electron chi connectivity index (χ1n) is 6.26. The normalized spacial score (nSPS) is 11.4. The monoisotopic (exact) mass is 321 g/mol. The van der Waals surface area contributed by atoms with Crippen LogP contribution in [0.2, 0.25) is 0 Å². The fourth-order valence-electron chi connectivity index (χ4n) is 1.88. The van der Waals surface area contributed by atoms with Crippen LogP contribution in [0.1, 0.15) is 36.2 Å². The third-order valence-electron chi connectivity index (χ3n) is 2.90. The lowest BCUT2D eigenvalue weighted by Gasteiger charge is -2.21. The van der Waals surface area contributed by atoms with Crippen molar-refractivity contribution in [2.24, 2.45) is 0 Å². The van der Waals surface area contributed by atoms with Crippen molar-refractivity contribution in [3.8, 4) is 0 Å². The zero-order valence-corrected chi connectivity index (χ0v) is 13.2. The maximum Gasteiger partial charge on any atom is 0.261 e. The van der Waals surface area contributed by atoms with Crippen LogP contribution in [0.5, 0.6) is 0 Å². The van der Waals surface area contributed by atoms with E-state index in [1.165, 1.54) is 11.8 Å². The lowest BCUT2D eigenvalue weighted by molar-refractivity contribution is 0.0759. The summed E-state index contributed by atoms with van der Waals surface area (Å²) in [5.41, 5.74) is -0.192. The molecule has 0 N–H and O–H groups in total. The molecule has 0 saturated carbocycles. The number of hydrogen-bond donors (Lipinski definition) is 0. The van der Waals surface area contributed by atoms with Gasteiger partial charge in [-0.2, -0.15) is 0 Å². The molecule has 0 fully saturated rings. The summed E-state index contributed by atoms with van der Waals surface area (Å²) in [6.07, 6.45) is 0.730. The van der Waals surface area contributed by atoms with E-state index in [0.717, 1.165) is 18.6 Å². The molecule has 1 amide bonds. The van der Waals surface area contributed by atoms with Gasteiger partial charge in [-0.25, -0.2) is 12.8 Å². The Morgan fingerprint density at radius 3 is 2.40 bits per heavy atom. The van der Waals surface area contributed by atoms with E-state index in [4.69, 9.17) is 10.7 Å².